The fraction of sp³-hybridized carbons (Fsp3) is 0.400. The van der Waals surface area contributed by atoms with Gasteiger partial charge in [-0.3, -0.25) is 19.4 Å². The predicted octanol–water partition coefficient (Wildman–Crippen LogP) is 1.61. The molecule has 0 aliphatic carbocycles. The van der Waals surface area contributed by atoms with Gasteiger partial charge in [0.2, 0.25) is 0 Å². The molecule has 0 fully saturated rings. The van der Waals surface area contributed by atoms with E-state index in [4.69, 9.17) is 10.1 Å². The van der Waals surface area contributed by atoms with Crippen molar-refractivity contribution in [2.24, 2.45) is 0 Å². The van der Waals surface area contributed by atoms with Gasteiger partial charge in [-0.25, -0.2) is 4.98 Å². The first kappa shape index (κ1) is 19.8. The van der Waals surface area contributed by atoms with Crippen LogP contribution in [0, 0.1) is 12.3 Å². The van der Waals surface area contributed by atoms with Crippen LogP contribution in [0.4, 0.5) is 0 Å². The molecule has 0 aromatic carbocycles. The summed E-state index contributed by atoms with van der Waals surface area (Å²) >= 11 is 0. The van der Waals surface area contributed by atoms with E-state index in [1.54, 1.807) is 16.8 Å². The van der Waals surface area contributed by atoms with Crippen molar-refractivity contribution in [3.63, 3.8) is 0 Å². The highest BCUT2D eigenvalue weighted by atomic mass is 16.5. The minimum atomic E-state index is -0.373. The van der Waals surface area contributed by atoms with Gasteiger partial charge in [0.1, 0.15) is 16.8 Å². The molecule has 28 heavy (non-hydrogen) atoms. The van der Waals surface area contributed by atoms with Gasteiger partial charge in [0.05, 0.1) is 10.9 Å². The van der Waals surface area contributed by atoms with Gasteiger partial charge in [0.15, 0.2) is 0 Å². The number of fused-ring (bicyclic) bond motifs is 2. The number of nitrogens with zero attached hydrogens (tertiary/aromatic N) is 3. The van der Waals surface area contributed by atoms with Gasteiger partial charge >= 0.3 is 0 Å². The lowest BCUT2D eigenvalue weighted by molar-refractivity contribution is 0.0953. The van der Waals surface area contributed by atoms with Crippen LogP contribution < -0.4 is 16.4 Å². The van der Waals surface area contributed by atoms with Crippen molar-refractivity contribution < 1.29 is 9.53 Å². The van der Waals surface area contributed by atoms with E-state index in [1.165, 1.54) is 10.5 Å². The number of hydrogen-bond acceptors (Lipinski definition) is 5. The molecule has 0 saturated heterocycles. The average molecular weight is 383 g/mol. The summed E-state index contributed by atoms with van der Waals surface area (Å²) in [6.45, 7) is 7.63. The van der Waals surface area contributed by atoms with Crippen LogP contribution in [0.2, 0.25) is 0 Å². The highest BCUT2D eigenvalue weighted by molar-refractivity contribution is 5.96. The highest BCUT2D eigenvalue weighted by Crippen LogP contribution is 2.13. The first-order valence-corrected chi connectivity index (χ1v) is 9.45. The normalized spacial score (nSPS) is 11.2. The lowest BCUT2D eigenvalue weighted by Crippen LogP contribution is -2.35. The van der Waals surface area contributed by atoms with E-state index in [0.717, 1.165) is 5.56 Å². The third kappa shape index (κ3) is 3.55. The summed E-state index contributed by atoms with van der Waals surface area (Å²) in [5.41, 5.74) is 1.77. The van der Waals surface area contributed by atoms with Crippen molar-refractivity contribution in [2.75, 3.05) is 19.8 Å². The Bertz CT molecular complexity index is 1150. The molecule has 0 radical (unpaired) electrons. The number of hydrogen-bond donors (Lipinski definition) is 2. The minimum Gasteiger partial charge on any atom is -0.382 e. The topological polar surface area (TPSA) is 101 Å². The van der Waals surface area contributed by atoms with Crippen LogP contribution in [-0.4, -0.2) is 39.6 Å². The Balaban J connectivity index is 2.30. The monoisotopic (exact) mass is 383 g/mol. The van der Waals surface area contributed by atoms with Crippen LogP contribution in [0.5, 0.6) is 0 Å². The van der Waals surface area contributed by atoms with Gasteiger partial charge in [0.25, 0.3) is 11.5 Å². The number of amides is 1. The number of rotatable bonds is 7. The second-order valence-corrected chi connectivity index (χ2v) is 6.51. The van der Waals surface area contributed by atoms with E-state index < -0.39 is 0 Å². The Hall–Kier alpha value is -3.00. The Morgan fingerprint density at radius 1 is 1.32 bits per heavy atom. The molecular formula is C20H25N5O3. The van der Waals surface area contributed by atoms with Crippen LogP contribution >= 0.6 is 0 Å². The smallest absolute Gasteiger partial charge is 0.267 e. The zero-order valence-electron chi connectivity index (χ0n) is 16.4. The standard InChI is InChI=1S/C20H25N5O3/c1-4-22-19(26)14-12-15-18(24(16(14)21)10-7-11-28-5-2)23-17-13(3)8-6-9-25(17)20(15)27/h6,8-9,12,21H,4-5,7,10-11H2,1-3H3,(H,22,26). The van der Waals surface area contributed by atoms with Crippen molar-refractivity contribution in [1.82, 2.24) is 19.3 Å². The molecular weight excluding hydrogens is 358 g/mol. The first-order valence-electron chi connectivity index (χ1n) is 9.45. The number of aromatic nitrogens is 3. The summed E-state index contributed by atoms with van der Waals surface area (Å²) < 4.78 is 8.51. The van der Waals surface area contributed by atoms with E-state index >= 15 is 0 Å². The quantitative estimate of drug-likeness (QED) is 0.478. The molecule has 3 heterocycles. The highest BCUT2D eigenvalue weighted by Gasteiger charge is 2.17. The number of nitrogens with one attached hydrogen (secondary N) is 2. The van der Waals surface area contributed by atoms with Crippen molar-refractivity contribution in [3.05, 3.63) is 51.4 Å². The Morgan fingerprint density at radius 3 is 2.82 bits per heavy atom. The van der Waals surface area contributed by atoms with Gasteiger partial charge in [0, 0.05) is 32.5 Å². The van der Waals surface area contributed by atoms with Gasteiger partial charge < -0.3 is 14.6 Å². The van der Waals surface area contributed by atoms with Gasteiger partial charge in [-0.05, 0) is 44.9 Å². The fourth-order valence-corrected chi connectivity index (χ4v) is 3.21. The maximum Gasteiger partial charge on any atom is 0.267 e. The minimum absolute atomic E-state index is 0.0415. The molecule has 1 amide bonds. The molecule has 3 aromatic rings. The van der Waals surface area contributed by atoms with Crippen LogP contribution in [-0.2, 0) is 11.3 Å². The Kier molecular flexibility index (Phi) is 5.89. The zero-order valence-corrected chi connectivity index (χ0v) is 16.4. The molecule has 0 spiro atoms. The molecule has 8 heteroatoms. The largest absolute Gasteiger partial charge is 0.382 e. The number of pyridine rings is 2. The summed E-state index contributed by atoms with van der Waals surface area (Å²) in [7, 11) is 0. The SMILES string of the molecule is CCNC(=O)c1cc2c(=O)n3cccc(C)c3nc2n(CCCOCC)c1=N. The summed E-state index contributed by atoms with van der Waals surface area (Å²) in [5.74, 6) is -0.373. The molecule has 0 unspecified atom stereocenters. The maximum atomic E-state index is 13.1. The van der Waals surface area contributed by atoms with Crippen LogP contribution in [0.3, 0.4) is 0 Å². The van der Waals surface area contributed by atoms with E-state index in [-0.39, 0.29) is 22.5 Å². The lowest BCUT2D eigenvalue weighted by atomic mass is 10.2. The Morgan fingerprint density at radius 2 is 2.11 bits per heavy atom. The predicted molar refractivity (Wildman–Crippen MR) is 107 cm³/mol. The number of aryl methyl sites for hydroxylation is 2. The van der Waals surface area contributed by atoms with Crippen molar-refractivity contribution in [3.8, 4) is 0 Å². The van der Waals surface area contributed by atoms with Crippen molar-refractivity contribution >= 4 is 22.6 Å². The third-order valence-corrected chi connectivity index (χ3v) is 4.59. The van der Waals surface area contributed by atoms with E-state index in [0.29, 0.717) is 49.4 Å². The molecule has 0 aliphatic heterocycles. The molecule has 0 bridgehead atoms. The Labute approximate surface area is 162 Å². The van der Waals surface area contributed by atoms with Gasteiger partial charge in [-0.2, -0.15) is 0 Å². The fourth-order valence-electron chi connectivity index (χ4n) is 3.21. The van der Waals surface area contributed by atoms with Crippen molar-refractivity contribution in [2.45, 2.75) is 33.7 Å². The number of carbonyl (C=O) groups excluding carboxylic acids is 1. The zero-order chi connectivity index (χ0) is 20.3. The lowest BCUT2D eigenvalue weighted by Gasteiger charge is -2.15. The number of carbonyl (C=O) groups is 1. The number of ether oxygens (including phenoxy) is 1. The second kappa shape index (κ2) is 8.35. The molecule has 2 N–H and O–H groups in total. The maximum absolute atomic E-state index is 13.1. The van der Waals surface area contributed by atoms with Crippen LogP contribution in [0.15, 0.2) is 29.2 Å². The molecule has 0 saturated carbocycles. The van der Waals surface area contributed by atoms with Crippen LogP contribution in [0.1, 0.15) is 36.2 Å². The molecule has 0 aliphatic rings. The summed E-state index contributed by atoms with van der Waals surface area (Å²) in [6.07, 6.45) is 2.31. The van der Waals surface area contributed by atoms with Crippen molar-refractivity contribution in [1.29, 1.82) is 5.41 Å². The third-order valence-electron chi connectivity index (χ3n) is 4.59. The van der Waals surface area contributed by atoms with E-state index in [2.05, 4.69) is 10.3 Å². The molecule has 3 rings (SSSR count). The summed E-state index contributed by atoms with van der Waals surface area (Å²) in [5, 5.41) is 11.6. The van der Waals surface area contributed by atoms with E-state index in [9.17, 15) is 9.59 Å². The average Bonchev–Trinajstić information content (AvgIpc) is 2.67. The first-order chi connectivity index (χ1) is 13.5. The molecule has 3 aromatic heterocycles. The van der Waals surface area contributed by atoms with Gasteiger partial charge in [-0.15, -0.1) is 0 Å². The summed E-state index contributed by atoms with van der Waals surface area (Å²) in [4.78, 5) is 30.3. The van der Waals surface area contributed by atoms with Gasteiger partial charge in [-0.1, -0.05) is 6.07 Å². The van der Waals surface area contributed by atoms with Crippen LogP contribution in [0.25, 0.3) is 16.7 Å². The summed E-state index contributed by atoms with van der Waals surface area (Å²) in [6, 6.07) is 5.15. The molecule has 148 valence electrons. The molecule has 8 nitrogen and oxygen atoms in total. The second-order valence-electron chi connectivity index (χ2n) is 6.51. The molecule has 0 atom stereocenters. The van der Waals surface area contributed by atoms with E-state index in [1.807, 2.05) is 26.8 Å².